The third-order valence-electron chi connectivity index (χ3n) is 2.54. The zero-order chi connectivity index (χ0) is 12.8. The first-order chi connectivity index (χ1) is 8.12. The number of anilines is 2. The summed E-state index contributed by atoms with van der Waals surface area (Å²) in [7, 11) is 0. The number of nitrogens with zero attached hydrogens (tertiary/aromatic N) is 1. The van der Waals surface area contributed by atoms with Crippen LogP contribution in [0.1, 0.15) is 13.8 Å². The van der Waals surface area contributed by atoms with Crippen molar-refractivity contribution in [2.24, 2.45) is 5.73 Å². The lowest BCUT2D eigenvalue weighted by atomic mass is 10.2. The lowest BCUT2D eigenvalue weighted by molar-refractivity contribution is -0.114. The van der Waals surface area contributed by atoms with Gasteiger partial charge < -0.3 is 16.0 Å². The molecular formula is C12H18FN3O. The molecule has 0 spiro atoms. The molecule has 94 valence electrons. The summed E-state index contributed by atoms with van der Waals surface area (Å²) in [6.07, 6.45) is 0. The Morgan fingerprint density at radius 2 is 2.06 bits per heavy atom. The van der Waals surface area contributed by atoms with Gasteiger partial charge in [0.15, 0.2) is 0 Å². The second-order valence-corrected chi connectivity index (χ2v) is 3.59. The van der Waals surface area contributed by atoms with E-state index in [1.165, 1.54) is 6.07 Å². The van der Waals surface area contributed by atoms with Crippen molar-refractivity contribution < 1.29 is 9.18 Å². The monoisotopic (exact) mass is 239 g/mol. The van der Waals surface area contributed by atoms with Gasteiger partial charge in [0, 0.05) is 18.8 Å². The first-order valence-electron chi connectivity index (χ1n) is 5.66. The molecular weight excluding hydrogens is 221 g/mol. The lowest BCUT2D eigenvalue weighted by Crippen LogP contribution is -2.23. The smallest absolute Gasteiger partial charge is 0.238 e. The van der Waals surface area contributed by atoms with Crippen LogP contribution in [0.4, 0.5) is 15.8 Å². The van der Waals surface area contributed by atoms with E-state index >= 15 is 0 Å². The van der Waals surface area contributed by atoms with Gasteiger partial charge in [-0.15, -0.1) is 0 Å². The molecule has 1 amide bonds. The van der Waals surface area contributed by atoms with Gasteiger partial charge >= 0.3 is 0 Å². The maximum atomic E-state index is 13.7. The Morgan fingerprint density at radius 1 is 1.41 bits per heavy atom. The quantitative estimate of drug-likeness (QED) is 0.820. The highest BCUT2D eigenvalue weighted by Gasteiger charge is 2.08. The van der Waals surface area contributed by atoms with E-state index in [1.807, 2.05) is 18.7 Å². The Labute approximate surface area is 101 Å². The Morgan fingerprint density at radius 3 is 2.53 bits per heavy atom. The molecule has 17 heavy (non-hydrogen) atoms. The van der Waals surface area contributed by atoms with Gasteiger partial charge in [0.1, 0.15) is 5.82 Å². The molecule has 0 unspecified atom stereocenters. The number of benzene rings is 1. The summed E-state index contributed by atoms with van der Waals surface area (Å²) >= 11 is 0. The van der Waals surface area contributed by atoms with Crippen molar-refractivity contribution >= 4 is 17.3 Å². The van der Waals surface area contributed by atoms with Crippen molar-refractivity contribution in [1.82, 2.24) is 0 Å². The molecule has 1 rings (SSSR count). The third kappa shape index (κ3) is 3.42. The van der Waals surface area contributed by atoms with E-state index in [2.05, 4.69) is 5.32 Å². The number of halogens is 1. The number of carbonyl (C=O) groups is 1. The van der Waals surface area contributed by atoms with Crippen molar-refractivity contribution in [3.8, 4) is 0 Å². The predicted molar refractivity (Wildman–Crippen MR) is 67.6 cm³/mol. The van der Waals surface area contributed by atoms with E-state index in [4.69, 9.17) is 5.73 Å². The van der Waals surface area contributed by atoms with E-state index in [0.29, 0.717) is 0 Å². The summed E-state index contributed by atoms with van der Waals surface area (Å²) < 4.78 is 13.7. The molecule has 3 N–H and O–H groups in total. The Hall–Kier alpha value is -1.62. The van der Waals surface area contributed by atoms with Crippen LogP contribution in [-0.4, -0.2) is 25.5 Å². The fraction of sp³-hybridized carbons (Fsp3) is 0.417. The van der Waals surface area contributed by atoms with Gasteiger partial charge in [-0.25, -0.2) is 4.39 Å². The Kier molecular flexibility index (Phi) is 4.90. The Bertz CT molecular complexity index is 391. The molecule has 1 aromatic carbocycles. The molecule has 0 heterocycles. The summed E-state index contributed by atoms with van der Waals surface area (Å²) in [5, 5.41) is 2.40. The molecule has 0 radical (unpaired) electrons. The number of nitrogens with two attached hydrogens (primary N) is 1. The minimum absolute atomic E-state index is 0.156. The summed E-state index contributed by atoms with van der Waals surface area (Å²) in [5.74, 6) is -0.851. The first kappa shape index (κ1) is 13.4. The van der Waals surface area contributed by atoms with Crippen LogP contribution in [0.2, 0.25) is 0 Å². The molecule has 1 aromatic rings. The van der Waals surface area contributed by atoms with Gasteiger partial charge in [-0.05, 0) is 32.0 Å². The SMILES string of the molecule is CCN(CC)c1ccc(NC(=O)CN)c(F)c1. The normalized spacial score (nSPS) is 10.1. The average Bonchev–Trinajstić information content (AvgIpc) is 2.33. The van der Waals surface area contributed by atoms with Gasteiger partial charge in [0.2, 0.25) is 5.91 Å². The minimum Gasteiger partial charge on any atom is -0.372 e. The van der Waals surface area contributed by atoms with Gasteiger partial charge in [0.05, 0.1) is 12.2 Å². The maximum Gasteiger partial charge on any atom is 0.238 e. The molecule has 0 bridgehead atoms. The topological polar surface area (TPSA) is 58.4 Å². The van der Waals surface area contributed by atoms with Crippen molar-refractivity contribution in [2.75, 3.05) is 29.9 Å². The molecule has 0 fully saturated rings. The molecule has 0 aromatic heterocycles. The highest BCUT2D eigenvalue weighted by Crippen LogP contribution is 2.21. The van der Waals surface area contributed by atoms with Crippen molar-refractivity contribution in [2.45, 2.75) is 13.8 Å². The number of nitrogens with one attached hydrogen (secondary N) is 1. The highest BCUT2D eigenvalue weighted by atomic mass is 19.1. The molecule has 0 saturated heterocycles. The fourth-order valence-corrected chi connectivity index (χ4v) is 1.59. The minimum atomic E-state index is -0.448. The second-order valence-electron chi connectivity index (χ2n) is 3.59. The maximum absolute atomic E-state index is 13.7. The number of rotatable bonds is 5. The second kappa shape index (κ2) is 6.20. The van der Waals surface area contributed by atoms with Crippen LogP contribution in [0, 0.1) is 5.82 Å². The van der Waals surface area contributed by atoms with E-state index < -0.39 is 11.7 Å². The van der Waals surface area contributed by atoms with Gasteiger partial charge in [-0.2, -0.15) is 0 Å². The van der Waals surface area contributed by atoms with Crippen LogP contribution in [0.5, 0.6) is 0 Å². The first-order valence-corrected chi connectivity index (χ1v) is 5.66. The molecule has 0 saturated carbocycles. The van der Waals surface area contributed by atoms with Crippen LogP contribution < -0.4 is 16.0 Å². The molecule has 4 nitrogen and oxygen atoms in total. The summed E-state index contributed by atoms with van der Waals surface area (Å²) in [6.45, 7) is 5.48. The van der Waals surface area contributed by atoms with E-state index in [9.17, 15) is 9.18 Å². The number of amides is 1. The van der Waals surface area contributed by atoms with Crippen LogP contribution in [0.15, 0.2) is 18.2 Å². The standard InChI is InChI=1S/C12H18FN3O/c1-3-16(4-2)9-5-6-11(10(13)7-9)15-12(17)8-14/h5-7H,3-4,8,14H2,1-2H3,(H,15,17). The predicted octanol–water partition coefficient (Wildman–Crippen LogP) is 1.57. The third-order valence-corrected chi connectivity index (χ3v) is 2.54. The lowest BCUT2D eigenvalue weighted by Gasteiger charge is -2.21. The van der Waals surface area contributed by atoms with Crippen molar-refractivity contribution in [3.63, 3.8) is 0 Å². The van der Waals surface area contributed by atoms with Crippen molar-refractivity contribution in [1.29, 1.82) is 0 Å². The van der Waals surface area contributed by atoms with Crippen LogP contribution in [-0.2, 0) is 4.79 Å². The fourth-order valence-electron chi connectivity index (χ4n) is 1.59. The zero-order valence-corrected chi connectivity index (χ0v) is 10.2. The number of hydrogen-bond acceptors (Lipinski definition) is 3. The molecule has 0 aliphatic rings. The zero-order valence-electron chi connectivity index (χ0n) is 10.2. The van der Waals surface area contributed by atoms with Crippen LogP contribution in [0.3, 0.4) is 0 Å². The number of carbonyl (C=O) groups excluding carboxylic acids is 1. The van der Waals surface area contributed by atoms with E-state index in [-0.39, 0.29) is 12.2 Å². The van der Waals surface area contributed by atoms with Crippen LogP contribution >= 0.6 is 0 Å². The van der Waals surface area contributed by atoms with E-state index in [0.717, 1.165) is 18.8 Å². The summed E-state index contributed by atoms with van der Waals surface area (Å²) in [5.41, 5.74) is 6.12. The van der Waals surface area contributed by atoms with Gasteiger partial charge in [-0.3, -0.25) is 4.79 Å². The van der Waals surface area contributed by atoms with Crippen molar-refractivity contribution in [3.05, 3.63) is 24.0 Å². The van der Waals surface area contributed by atoms with Gasteiger partial charge in [-0.1, -0.05) is 0 Å². The summed E-state index contributed by atoms with van der Waals surface area (Å²) in [4.78, 5) is 13.1. The average molecular weight is 239 g/mol. The number of hydrogen-bond donors (Lipinski definition) is 2. The van der Waals surface area contributed by atoms with Crippen LogP contribution in [0.25, 0.3) is 0 Å². The van der Waals surface area contributed by atoms with Gasteiger partial charge in [0.25, 0.3) is 0 Å². The molecule has 0 aliphatic heterocycles. The molecule has 0 atom stereocenters. The Balaban J connectivity index is 2.89. The van der Waals surface area contributed by atoms with E-state index in [1.54, 1.807) is 12.1 Å². The largest absolute Gasteiger partial charge is 0.372 e. The molecule has 5 heteroatoms. The highest BCUT2D eigenvalue weighted by molar-refractivity contribution is 5.92. The molecule has 0 aliphatic carbocycles. The summed E-state index contributed by atoms with van der Waals surface area (Å²) in [6, 6.07) is 4.75.